The molecule has 0 aliphatic carbocycles. The number of hydrogen-bond acceptors (Lipinski definition) is 10. The van der Waals surface area contributed by atoms with Crippen molar-refractivity contribution in [1.29, 1.82) is 0 Å². The lowest BCUT2D eigenvalue weighted by atomic mass is 9.84. The summed E-state index contributed by atoms with van der Waals surface area (Å²) in [4.78, 5) is 26.2. The molecule has 11 heteroatoms. The van der Waals surface area contributed by atoms with Crippen LogP contribution in [0.3, 0.4) is 0 Å². The van der Waals surface area contributed by atoms with Gasteiger partial charge in [0, 0.05) is 29.6 Å². The molecule has 39 heavy (non-hydrogen) atoms. The Morgan fingerprint density at radius 2 is 1.90 bits per heavy atom. The van der Waals surface area contributed by atoms with Crippen LogP contribution in [0.5, 0.6) is 5.88 Å². The molecule has 4 rings (SSSR count). The van der Waals surface area contributed by atoms with Gasteiger partial charge in [-0.2, -0.15) is 0 Å². The SMILES string of the molecule is CCS(=O)(=O)CC[C@H](C)Oc1ncc(C(C)(C)N)c2cc(Nc3ccc4c(n3)[C@@H](C)C(C)(C)OC4=O)ncc12. The van der Waals surface area contributed by atoms with Crippen molar-refractivity contribution >= 4 is 38.2 Å². The van der Waals surface area contributed by atoms with Gasteiger partial charge in [0.25, 0.3) is 0 Å². The van der Waals surface area contributed by atoms with Crippen molar-refractivity contribution in [1.82, 2.24) is 15.0 Å². The molecule has 2 atom stereocenters. The van der Waals surface area contributed by atoms with Crippen molar-refractivity contribution in [2.75, 3.05) is 16.8 Å². The van der Waals surface area contributed by atoms with E-state index < -0.39 is 21.0 Å². The lowest BCUT2D eigenvalue weighted by Gasteiger charge is -2.36. The van der Waals surface area contributed by atoms with Crippen LogP contribution in [-0.4, -0.2) is 52.5 Å². The number of ether oxygens (including phenoxy) is 2. The van der Waals surface area contributed by atoms with Gasteiger partial charge in [0.05, 0.1) is 28.5 Å². The topological polar surface area (TPSA) is 146 Å². The molecule has 0 saturated heterocycles. The Morgan fingerprint density at radius 1 is 1.18 bits per heavy atom. The van der Waals surface area contributed by atoms with Gasteiger partial charge in [-0.1, -0.05) is 13.8 Å². The predicted octanol–water partition coefficient (Wildman–Crippen LogP) is 4.61. The summed E-state index contributed by atoms with van der Waals surface area (Å²) in [6.45, 7) is 13.0. The Kier molecular flexibility index (Phi) is 7.61. The van der Waals surface area contributed by atoms with Gasteiger partial charge in [-0.3, -0.25) is 0 Å². The molecule has 0 radical (unpaired) electrons. The van der Waals surface area contributed by atoms with E-state index in [1.807, 2.05) is 47.6 Å². The van der Waals surface area contributed by atoms with Gasteiger partial charge in [0.15, 0.2) is 0 Å². The summed E-state index contributed by atoms with van der Waals surface area (Å²) < 4.78 is 35.5. The Hall–Kier alpha value is -3.31. The van der Waals surface area contributed by atoms with Crippen LogP contribution >= 0.6 is 0 Å². The third-order valence-corrected chi connectivity index (χ3v) is 8.96. The number of carbonyl (C=O) groups excluding carboxylic acids is 1. The maximum atomic E-state index is 12.5. The van der Waals surface area contributed by atoms with Crippen molar-refractivity contribution < 1.29 is 22.7 Å². The summed E-state index contributed by atoms with van der Waals surface area (Å²) in [6.07, 6.45) is 3.33. The van der Waals surface area contributed by atoms with Gasteiger partial charge >= 0.3 is 5.97 Å². The number of nitrogens with zero attached hydrogens (tertiary/aromatic N) is 3. The molecular weight excluding hydrogens is 518 g/mol. The Labute approximate surface area is 229 Å². The summed E-state index contributed by atoms with van der Waals surface area (Å²) >= 11 is 0. The van der Waals surface area contributed by atoms with Gasteiger partial charge in [-0.25, -0.2) is 28.2 Å². The lowest BCUT2D eigenvalue weighted by molar-refractivity contribution is -0.0189. The maximum Gasteiger partial charge on any atom is 0.340 e. The zero-order valence-corrected chi connectivity index (χ0v) is 24.3. The molecule has 0 amide bonds. The zero-order chi connectivity index (χ0) is 28.8. The maximum absolute atomic E-state index is 12.5. The van der Waals surface area contributed by atoms with Crippen molar-refractivity contribution in [3.8, 4) is 5.88 Å². The van der Waals surface area contributed by atoms with Crippen LogP contribution in [0, 0.1) is 0 Å². The summed E-state index contributed by atoms with van der Waals surface area (Å²) in [5.41, 5.74) is 7.03. The zero-order valence-electron chi connectivity index (χ0n) is 23.5. The number of fused-ring (bicyclic) bond motifs is 2. The average molecular weight is 556 g/mol. The Bertz CT molecular complexity index is 1510. The van der Waals surface area contributed by atoms with Crippen molar-refractivity contribution in [3.63, 3.8) is 0 Å². The lowest BCUT2D eigenvalue weighted by Crippen LogP contribution is -2.39. The number of aromatic nitrogens is 3. The largest absolute Gasteiger partial charge is 0.474 e. The fourth-order valence-corrected chi connectivity index (χ4v) is 5.40. The highest BCUT2D eigenvalue weighted by Gasteiger charge is 2.40. The number of carbonyl (C=O) groups is 1. The van der Waals surface area contributed by atoms with E-state index in [1.165, 1.54) is 0 Å². The van der Waals surface area contributed by atoms with E-state index in [4.69, 9.17) is 20.2 Å². The molecule has 0 aromatic carbocycles. The first-order valence-electron chi connectivity index (χ1n) is 13.1. The third kappa shape index (κ3) is 6.14. The van der Waals surface area contributed by atoms with Gasteiger partial charge in [0.2, 0.25) is 5.88 Å². The fraction of sp³-hybridized carbons (Fsp3) is 0.500. The predicted molar refractivity (Wildman–Crippen MR) is 151 cm³/mol. The molecule has 1 aliphatic heterocycles. The summed E-state index contributed by atoms with van der Waals surface area (Å²) in [6, 6.07) is 5.30. The van der Waals surface area contributed by atoms with E-state index >= 15 is 0 Å². The first kappa shape index (κ1) is 28.7. The minimum absolute atomic E-state index is 0.0458. The molecular formula is C28H37N5O5S. The molecule has 3 aromatic rings. The first-order chi connectivity index (χ1) is 18.1. The molecule has 0 fully saturated rings. The average Bonchev–Trinajstić information content (AvgIpc) is 2.85. The van der Waals surface area contributed by atoms with Crippen LogP contribution in [0.2, 0.25) is 0 Å². The summed E-state index contributed by atoms with van der Waals surface area (Å²) in [5, 5.41) is 4.71. The Balaban J connectivity index is 1.67. The number of esters is 1. The molecule has 0 saturated carbocycles. The van der Waals surface area contributed by atoms with E-state index in [0.717, 1.165) is 10.9 Å². The van der Waals surface area contributed by atoms with Crippen molar-refractivity contribution in [2.24, 2.45) is 5.73 Å². The highest BCUT2D eigenvalue weighted by Crippen LogP contribution is 2.38. The number of nitrogens with two attached hydrogens (primary N) is 1. The quantitative estimate of drug-likeness (QED) is 0.359. The van der Waals surface area contributed by atoms with Gasteiger partial charge in [-0.05, 0) is 70.2 Å². The summed E-state index contributed by atoms with van der Waals surface area (Å²) in [7, 11) is -3.10. The van der Waals surface area contributed by atoms with Gasteiger partial charge in [-0.15, -0.1) is 0 Å². The van der Waals surface area contributed by atoms with Crippen LogP contribution in [0.4, 0.5) is 11.6 Å². The monoisotopic (exact) mass is 555 g/mol. The fourth-order valence-electron chi connectivity index (χ4n) is 4.42. The Morgan fingerprint density at radius 3 is 2.56 bits per heavy atom. The molecule has 0 bridgehead atoms. The van der Waals surface area contributed by atoms with E-state index in [2.05, 4.69) is 15.3 Å². The molecule has 4 heterocycles. The number of anilines is 2. The standard InChI is InChI=1S/C28H37N5O5S/c1-8-39(35,36)12-11-16(2)37-25-20-14-30-23(13-19(20)21(15-31-25)27(4,5)29)32-22-10-9-18-24(33-22)17(3)28(6,7)38-26(18)34/h9-10,13-17H,8,11-12,29H2,1-7H3,(H,30,32,33)/t16-,17+/m0/s1. The first-order valence-corrected chi connectivity index (χ1v) is 14.9. The van der Waals surface area contributed by atoms with Crippen LogP contribution in [0.25, 0.3) is 10.8 Å². The van der Waals surface area contributed by atoms with Gasteiger partial charge < -0.3 is 20.5 Å². The molecule has 3 aromatic heterocycles. The second kappa shape index (κ2) is 10.3. The molecule has 0 unspecified atom stereocenters. The minimum atomic E-state index is -3.10. The normalized spacial score (nSPS) is 17.8. The van der Waals surface area contributed by atoms with Crippen molar-refractivity contribution in [3.05, 3.63) is 47.4 Å². The second-order valence-corrected chi connectivity index (χ2v) is 13.7. The number of pyridine rings is 3. The van der Waals surface area contributed by atoms with Crippen LogP contribution < -0.4 is 15.8 Å². The van der Waals surface area contributed by atoms with E-state index in [9.17, 15) is 13.2 Å². The minimum Gasteiger partial charge on any atom is -0.474 e. The number of sulfone groups is 1. The van der Waals surface area contributed by atoms with E-state index in [1.54, 1.807) is 31.5 Å². The van der Waals surface area contributed by atoms with Crippen LogP contribution in [-0.2, 0) is 20.1 Å². The third-order valence-electron chi connectivity index (χ3n) is 7.23. The molecule has 0 spiro atoms. The number of hydrogen-bond donors (Lipinski definition) is 2. The second-order valence-electron chi connectivity index (χ2n) is 11.2. The van der Waals surface area contributed by atoms with E-state index in [0.29, 0.717) is 40.6 Å². The number of cyclic esters (lactones) is 1. The number of nitrogens with one attached hydrogen (secondary N) is 1. The molecule has 3 N–H and O–H groups in total. The number of rotatable bonds is 9. The summed E-state index contributed by atoms with van der Waals surface area (Å²) in [5.74, 6) is 1.10. The molecule has 10 nitrogen and oxygen atoms in total. The van der Waals surface area contributed by atoms with E-state index in [-0.39, 0.29) is 29.5 Å². The molecule has 1 aliphatic rings. The van der Waals surface area contributed by atoms with Crippen LogP contribution in [0.1, 0.15) is 82.4 Å². The molecule has 210 valence electrons. The highest BCUT2D eigenvalue weighted by atomic mass is 32.2. The van der Waals surface area contributed by atoms with Crippen molar-refractivity contribution in [2.45, 2.75) is 78.0 Å². The smallest absolute Gasteiger partial charge is 0.340 e. The van der Waals surface area contributed by atoms with Crippen LogP contribution in [0.15, 0.2) is 30.6 Å². The highest BCUT2D eigenvalue weighted by molar-refractivity contribution is 7.91. The van der Waals surface area contributed by atoms with Gasteiger partial charge in [0.1, 0.15) is 27.1 Å².